The number of ether oxygens (including phenoxy) is 2. The predicted molar refractivity (Wildman–Crippen MR) is 112 cm³/mol. The number of alkyl halides is 3. The Bertz CT molecular complexity index is 898. The van der Waals surface area contributed by atoms with E-state index in [0.29, 0.717) is 23.7 Å². The van der Waals surface area contributed by atoms with E-state index in [4.69, 9.17) is 21.1 Å². The second kappa shape index (κ2) is 10.9. The van der Waals surface area contributed by atoms with Gasteiger partial charge in [-0.25, -0.2) is 0 Å². The first-order valence-corrected chi connectivity index (χ1v) is 9.79. The first-order valence-electron chi connectivity index (χ1n) is 9.41. The fraction of sp³-hybridized carbons (Fsp3) is 0.318. The van der Waals surface area contributed by atoms with Crippen LogP contribution in [-0.4, -0.2) is 19.6 Å². The average Bonchev–Trinajstić information content (AvgIpc) is 2.70. The summed E-state index contributed by atoms with van der Waals surface area (Å²) in [5.41, 5.74) is -0.338. The van der Waals surface area contributed by atoms with Gasteiger partial charge in [-0.2, -0.15) is 13.2 Å². The number of methoxy groups -OCH3 is 1. The van der Waals surface area contributed by atoms with Gasteiger partial charge < -0.3 is 14.8 Å². The normalized spacial score (nSPS) is 11.5. The summed E-state index contributed by atoms with van der Waals surface area (Å²) in [6.07, 6.45) is 1.26. The van der Waals surface area contributed by atoms with Gasteiger partial charge in [-0.15, -0.1) is 0 Å². The van der Waals surface area contributed by atoms with E-state index in [0.717, 1.165) is 31.4 Å². The standard InChI is InChI=1S/C22H23ClF3NO3/c1-3-4-5-12-30-19-10-6-15(13-20(19)29-2)7-11-21(28)27-16-8-9-18(23)17(14-16)22(24,25)26/h6-11,13-14H,3-5,12H2,1-2H3,(H,27,28). The summed E-state index contributed by atoms with van der Waals surface area (Å²) in [4.78, 5) is 12.1. The fourth-order valence-electron chi connectivity index (χ4n) is 2.62. The molecule has 0 unspecified atom stereocenters. The molecule has 162 valence electrons. The lowest BCUT2D eigenvalue weighted by Crippen LogP contribution is -2.11. The minimum atomic E-state index is -4.61. The SMILES string of the molecule is CCCCCOc1ccc(C=CC(=O)Nc2ccc(Cl)c(C(F)(F)F)c2)cc1OC. The summed E-state index contributed by atoms with van der Waals surface area (Å²) >= 11 is 5.58. The first kappa shape index (κ1) is 23.6. The van der Waals surface area contributed by atoms with E-state index in [9.17, 15) is 18.0 Å². The Morgan fingerprint density at radius 3 is 2.57 bits per heavy atom. The molecule has 2 aromatic carbocycles. The molecule has 0 aliphatic heterocycles. The second-order valence-electron chi connectivity index (χ2n) is 6.48. The van der Waals surface area contributed by atoms with Gasteiger partial charge in [0.1, 0.15) is 0 Å². The summed E-state index contributed by atoms with van der Waals surface area (Å²) < 4.78 is 49.8. The van der Waals surface area contributed by atoms with Crippen molar-refractivity contribution in [2.24, 2.45) is 0 Å². The molecule has 0 radical (unpaired) electrons. The molecule has 0 spiro atoms. The Kier molecular flexibility index (Phi) is 8.59. The highest BCUT2D eigenvalue weighted by atomic mass is 35.5. The largest absolute Gasteiger partial charge is 0.493 e. The van der Waals surface area contributed by atoms with Crippen LogP contribution in [0, 0.1) is 0 Å². The monoisotopic (exact) mass is 441 g/mol. The number of amides is 1. The van der Waals surface area contributed by atoms with Crippen LogP contribution >= 0.6 is 11.6 Å². The molecular weight excluding hydrogens is 419 g/mol. The van der Waals surface area contributed by atoms with E-state index in [2.05, 4.69) is 12.2 Å². The van der Waals surface area contributed by atoms with Crippen molar-refractivity contribution in [1.29, 1.82) is 0 Å². The quantitative estimate of drug-likeness (QED) is 0.353. The molecule has 4 nitrogen and oxygen atoms in total. The van der Waals surface area contributed by atoms with E-state index in [-0.39, 0.29) is 5.69 Å². The number of anilines is 1. The molecular formula is C22H23ClF3NO3. The Morgan fingerprint density at radius 2 is 1.90 bits per heavy atom. The Morgan fingerprint density at radius 1 is 1.13 bits per heavy atom. The first-order chi connectivity index (χ1) is 14.2. The van der Waals surface area contributed by atoms with Crippen LogP contribution in [0.25, 0.3) is 6.08 Å². The van der Waals surface area contributed by atoms with Crippen molar-refractivity contribution < 1.29 is 27.4 Å². The molecule has 1 N–H and O–H groups in total. The van der Waals surface area contributed by atoms with Crippen LogP contribution in [0.3, 0.4) is 0 Å². The zero-order valence-corrected chi connectivity index (χ0v) is 17.4. The molecule has 0 aliphatic rings. The van der Waals surface area contributed by atoms with Gasteiger partial charge >= 0.3 is 6.18 Å². The number of carbonyl (C=O) groups is 1. The lowest BCUT2D eigenvalue weighted by atomic mass is 10.1. The van der Waals surface area contributed by atoms with Crippen LogP contribution in [0.4, 0.5) is 18.9 Å². The van der Waals surface area contributed by atoms with Crippen molar-refractivity contribution in [3.63, 3.8) is 0 Å². The zero-order valence-electron chi connectivity index (χ0n) is 16.7. The van der Waals surface area contributed by atoms with Crippen LogP contribution in [0.1, 0.15) is 37.3 Å². The molecule has 0 saturated carbocycles. The van der Waals surface area contributed by atoms with E-state index in [1.807, 2.05) is 0 Å². The minimum absolute atomic E-state index is 0.00483. The van der Waals surface area contributed by atoms with Gasteiger partial charge in [0.15, 0.2) is 11.5 Å². The van der Waals surface area contributed by atoms with Gasteiger partial charge in [0.2, 0.25) is 5.91 Å². The third-order valence-corrected chi connectivity index (χ3v) is 4.49. The van der Waals surface area contributed by atoms with Crippen molar-refractivity contribution in [3.05, 3.63) is 58.6 Å². The van der Waals surface area contributed by atoms with Crippen LogP contribution in [0.15, 0.2) is 42.5 Å². The Labute approximate surface area is 178 Å². The van der Waals surface area contributed by atoms with E-state index in [1.54, 1.807) is 18.2 Å². The third-order valence-electron chi connectivity index (χ3n) is 4.16. The van der Waals surface area contributed by atoms with E-state index < -0.39 is 22.7 Å². The van der Waals surface area contributed by atoms with Gasteiger partial charge in [-0.3, -0.25) is 4.79 Å². The van der Waals surface area contributed by atoms with Crippen LogP contribution in [0.5, 0.6) is 11.5 Å². The molecule has 0 fully saturated rings. The summed E-state index contributed by atoms with van der Waals surface area (Å²) in [5, 5.41) is 1.96. The number of benzene rings is 2. The molecule has 2 rings (SSSR count). The summed E-state index contributed by atoms with van der Waals surface area (Å²) in [6.45, 7) is 2.70. The van der Waals surface area contributed by atoms with Gasteiger partial charge in [0.05, 0.1) is 24.3 Å². The average molecular weight is 442 g/mol. The van der Waals surface area contributed by atoms with Crippen LogP contribution < -0.4 is 14.8 Å². The maximum atomic E-state index is 12.9. The van der Waals surface area contributed by atoms with Crippen molar-refractivity contribution in [2.75, 3.05) is 19.0 Å². The van der Waals surface area contributed by atoms with Crippen LogP contribution in [0.2, 0.25) is 5.02 Å². The number of unbranched alkanes of at least 4 members (excludes halogenated alkanes) is 2. The molecule has 0 bridgehead atoms. The lowest BCUT2D eigenvalue weighted by molar-refractivity contribution is -0.137. The molecule has 2 aromatic rings. The molecule has 0 heterocycles. The molecule has 1 amide bonds. The highest BCUT2D eigenvalue weighted by Crippen LogP contribution is 2.36. The lowest BCUT2D eigenvalue weighted by Gasteiger charge is -2.11. The second-order valence-corrected chi connectivity index (χ2v) is 6.89. The van der Waals surface area contributed by atoms with Gasteiger partial charge in [0, 0.05) is 11.8 Å². The maximum Gasteiger partial charge on any atom is 0.417 e. The maximum absolute atomic E-state index is 12.9. The smallest absolute Gasteiger partial charge is 0.417 e. The Hall–Kier alpha value is -2.67. The highest BCUT2D eigenvalue weighted by molar-refractivity contribution is 6.31. The van der Waals surface area contributed by atoms with Crippen molar-refractivity contribution in [3.8, 4) is 11.5 Å². The summed E-state index contributed by atoms with van der Waals surface area (Å²) in [5.74, 6) is 0.557. The predicted octanol–water partition coefficient (Wildman–Crippen LogP) is 6.59. The minimum Gasteiger partial charge on any atom is -0.493 e. The number of carbonyl (C=O) groups excluding carboxylic acids is 1. The van der Waals surface area contributed by atoms with Crippen molar-refractivity contribution in [1.82, 2.24) is 0 Å². The highest BCUT2D eigenvalue weighted by Gasteiger charge is 2.33. The number of rotatable bonds is 9. The van der Waals surface area contributed by atoms with Crippen LogP contribution in [-0.2, 0) is 11.0 Å². The number of hydrogen-bond acceptors (Lipinski definition) is 3. The van der Waals surface area contributed by atoms with Gasteiger partial charge in [0.25, 0.3) is 0 Å². The summed E-state index contributed by atoms with van der Waals surface area (Å²) in [7, 11) is 1.52. The molecule has 8 heteroatoms. The number of nitrogens with one attached hydrogen (secondary N) is 1. The van der Waals surface area contributed by atoms with Crippen molar-refractivity contribution in [2.45, 2.75) is 32.4 Å². The molecule has 0 saturated heterocycles. The summed E-state index contributed by atoms with van der Waals surface area (Å²) in [6, 6.07) is 8.40. The molecule has 30 heavy (non-hydrogen) atoms. The van der Waals surface area contributed by atoms with Crippen molar-refractivity contribution >= 4 is 29.3 Å². The van der Waals surface area contributed by atoms with Gasteiger partial charge in [-0.1, -0.05) is 37.4 Å². The number of halogens is 4. The fourth-order valence-corrected chi connectivity index (χ4v) is 2.84. The topological polar surface area (TPSA) is 47.6 Å². The molecule has 0 aliphatic carbocycles. The van der Waals surface area contributed by atoms with Gasteiger partial charge in [-0.05, 0) is 48.4 Å². The van der Waals surface area contributed by atoms with E-state index in [1.165, 1.54) is 25.3 Å². The molecule has 0 aromatic heterocycles. The Balaban J connectivity index is 2.04. The van der Waals surface area contributed by atoms with E-state index >= 15 is 0 Å². The number of hydrogen-bond donors (Lipinski definition) is 1. The third kappa shape index (κ3) is 6.99. The zero-order chi connectivity index (χ0) is 22.1. The molecule has 0 atom stereocenters.